The van der Waals surface area contributed by atoms with E-state index < -0.39 is 0 Å². The minimum Gasteiger partial charge on any atom is -0.495 e. The Labute approximate surface area is 134 Å². The lowest BCUT2D eigenvalue weighted by Crippen LogP contribution is -2.24. The highest BCUT2D eigenvalue weighted by atomic mass is 32.1. The summed E-state index contributed by atoms with van der Waals surface area (Å²) in [5, 5.41) is 3.00. The molecule has 0 saturated carbocycles. The predicted octanol–water partition coefficient (Wildman–Crippen LogP) is 2.65. The molecule has 0 saturated heterocycles. The normalized spacial score (nSPS) is 13.7. The van der Waals surface area contributed by atoms with Crippen molar-refractivity contribution in [3.8, 4) is 5.75 Å². The van der Waals surface area contributed by atoms with Crippen molar-refractivity contribution >= 4 is 17.2 Å². The van der Waals surface area contributed by atoms with E-state index in [1.807, 2.05) is 10.8 Å². The average molecular weight is 319 g/mol. The molecule has 0 unspecified atom stereocenters. The van der Waals surface area contributed by atoms with Gasteiger partial charge in [-0.1, -0.05) is 0 Å². The number of fused-ring (bicyclic) bond motifs is 1. The lowest BCUT2D eigenvalue weighted by atomic mass is 9.98. The van der Waals surface area contributed by atoms with E-state index in [2.05, 4.69) is 10.3 Å². The minimum absolute atomic E-state index is 0.0121. The largest absolute Gasteiger partial charge is 0.495 e. The molecule has 1 N–H and O–H groups in total. The van der Waals surface area contributed by atoms with Gasteiger partial charge in [0.1, 0.15) is 10.6 Å². The van der Waals surface area contributed by atoms with Crippen LogP contribution >= 0.6 is 11.3 Å². The van der Waals surface area contributed by atoms with Crippen molar-refractivity contribution in [2.45, 2.75) is 38.6 Å². The van der Waals surface area contributed by atoms with Crippen LogP contribution in [0.1, 0.15) is 39.4 Å². The third-order valence-corrected chi connectivity index (χ3v) is 5.24. The number of carbonyl (C=O) groups excluding carboxylic acids is 1. The molecule has 6 heteroatoms. The highest BCUT2D eigenvalue weighted by Crippen LogP contribution is 2.39. The summed E-state index contributed by atoms with van der Waals surface area (Å²) in [6.45, 7) is 1.51. The van der Waals surface area contributed by atoms with Gasteiger partial charge in [-0.25, -0.2) is 4.98 Å². The molecule has 0 bridgehead atoms. The molecule has 0 aliphatic heterocycles. The van der Waals surface area contributed by atoms with Crippen LogP contribution in [0.15, 0.2) is 18.7 Å². The summed E-state index contributed by atoms with van der Waals surface area (Å²) in [6, 6.07) is 0. The molecule has 0 fully saturated rings. The summed E-state index contributed by atoms with van der Waals surface area (Å²) < 4.78 is 7.52. The van der Waals surface area contributed by atoms with Gasteiger partial charge in [0.05, 0.1) is 13.4 Å². The van der Waals surface area contributed by atoms with Gasteiger partial charge >= 0.3 is 0 Å². The molecule has 5 nitrogen and oxygen atoms in total. The van der Waals surface area contributed by atoms with Crippen LogP contribution in [0.2, 0.25) is 0 Å². The lowest BCUT2D eigenvalue weighted by molar-refractivity contribution is 0.0954. The SMILES string of the molecule is COc1c(C(=O)NCCCn2ccnc2)sc2c1CCCC2. The van der Waals surface area contributed by atoms with Gasteiger partial charge in [-0.3, -0.25) is 4.79 Å². The third kappa shape index (κ3) is 3.16. The first-order chi connectivity index (χ1) is 10.8. The number of nitrogens with zero attached hydrogens (tertiary/aromatic N) is 2. The molecule has 0 aromatic carbocycles. The summed E-state index contributed by atoms with van der Waals surface area (Å²) in [7, 11) is 1.66. The average Bonchev–Trinajstić information content (AvgIpc) is 3.18. The Kier molecular flexibility index (Phi) is 4.77. The van der Waals surface area contributed by atoms with Crippen LogP contribution in [0, 0.1) is 0 Å². The van der Waals surface area contributed by atoms with Crippen molar-refractivity contribution in [3.05, 3.63) is 34.0 Å². The molecule has 1 aliphatic carbocycles. The molecule has 2 aromatic heterocycles. The number of methoxy groups -OCH3 is 1. The topological polar surface area (TPSA) is 56.1 Å². The number of ether oxygens (including phenoxy) is 1. The Hall–Kier alpha value is -1.82. The van der Waals surface area contributed by atoms with Crippen molar-refractivity contribution < 1.29 is 9.53 Å². The van der Waals surface area contributed by atoms with Crippen molar-refractivity contribution in [2.24, 2.45) is 0 Å². The number of hydrogen-bond acceptors (Lipinski definition) is 4. The van der Waals surface area contributed by atoms with E-state index in [4.69, 9.17) is 4.74 Å². The van der Waals surface area contributed by atoms with Gasteiger partial charge < -0.3 is 14.6 Å². The molecule has 0 radical (unpaired) electrons. The quantitative estimate of drug-likeness (QED) is 0.833. The van der Waals surface area contributed by atoms with Crippen molar-refractivity contribution in [3.63, 3.8) is 0 Å². The van der Waals surface area contributed by atoms with Gasteiger partial charge in [0.2, 0.25) is 0 Å². The Morgan fingerprint density at radius 1 is 1.45 bits per heavy atom. The highest BCUT2D eigenvalue weighted by molar-refractivity contribution is 7.14. The van der Waals surface area contributed by atoms with Crippen molar-refractivity contribution in [1.82, 2.24) is 14.9 Å². The summed E-state index contributed by atoms with van der Waals surface area (Å²) in [5.74, 6) is 0.786. The number of amides is 1. The van der Waals surface area contributed by atoms with E-state index in [1.165, 1.54) is 23.3 Å². The maximum Gasteiger partial charge on any atom is 0.265 e. The van der Waals surface area contributed by atoms with E-state index >= 15 is 0 Å². The third-order valence-electron chi connectivity index (χ3n) is 3.97. The van der Waals surface area contributed by atoms with Crippen LogP contribution in [0.3, 0.4) is 0 Å². The molecule has 2 aromatic rings. The molecular weight excluding hydrogens is 298 g/mol. The first-order valence-electron chi connectivity index (χ1n) is 7.72. The summed E-state index contributed by atoms with van der Waals surface area (Å²) in [6.07, 6.45) is 10.9. The van der Waals surface area contributed by atoms with Gasteiger partial charge in [0.15, 0.2) is 0 Å². The summed E-state index contributed by atoms with van der Waals surface area (Å²) in [5.41, 5.74) is 1.25. The lowest BCUT2D eigenvalue weighted by Gasteiger charge is -2.11. The number of imidazole rings is 1. The number of aryl methyl sites for hydroxylation is 2. The number of rotatable bonds is 6. The van der Waals surface area contributed by atoms with Crippen LogP contribution in [-0.2, 0) is 19.4 Å². The standard InChI is InChI=1S/C16H21N3O2S/c1-21-14-12-5-2-3-6-13(12)22-15(14)16(20)18-7-4-9-19-10-8-17-11-19/h8,10-11H,2-7,9H2,1H3,(H,18,20). The van der Waals surface area contributed by atoms with Crippen LogP contribution < -0.4 is 10.1 Å². The molecule has 118 valence electrons. The van der Waals surface area contributed by atoms with Crippen LogP contribution in [0.5, 0.6) is 5.75 Å². The fourth-order valence-corrected chi connectivity index (χ4v) is 4.14. The van der Waals surface area contributed by atoms with Crippen LogP contribution in [-0.4, -0.2) is 29.1 Å². The van der Waals surface area contributed by atoms with Crippen molar-refractivity contribution in [2.75, 3.05) is 13.7 Å². The van der Waals surface area contributed by atoms with E-state index in [1.54, 1.807) is 31.0 Å². The van der Waals surface area contributed by atoms with Gasteiger partial charge in [-0.15, -0.1) is 11.3 Å². The zero-order chi connectivity index (χ0) is 15.4. The van der Waals surface area contributed by atoms with E-state index in [-0.39, 0.29) is 5.91 Å². The van der Waals surface area contributed by atoms with E-state index in [0.717, 1.165) is 36.4 Å². The summed E-state index contributed by atoms with van der Waals surface area (Å²) >= 11 is 1.60. The van der Waals surface area contributed by atoms with E-state index in [0.29, 0.717) is 6.54 Å². The molecule has 2 heterocycles. The number of carbonyl (C=O) groups is 1. The second kappa shape index (κ2) is 6.96. The number of thiophene rings is 1. The Balaban J connectivity index is 1.58. The molecule has 0 atom stereocenters. The highest BCUT2D eigenvalue weighted by Gasteiger charge is 2.24. The molecule has 1 aliphatic rings. The maximum absolute atomic E-state index is 12.4. The Morgan fingerprint density at radius 3 is 3.09 bits per heavy atom. The predicted molar refractivity (Wildman–Crippen MR) is 86.7 cm³/mol. The van der Waals surface area contributed by atoms with Gasteiger partial charge in [0, 0.05) is 35.9 Å². The zero-order valence-corrected chi connectivity index (χ0v) is 13.6. The fourth-order valence-electron chi connectivity index (χ4n) is 2.87. The Morgan fingerprint density at radius 2 is 2.32 bits per heavy atom. The monoisotopic (exact) mass is 319 g/mol. The first kappa shape index (κ1) is 15.1. The molecule has 0 spiro atoms. The van der Waals surface area contributed by atoms with Gasteiger partial charge in [0.25, 0.3) is 5.91 Å². The van der Waals surface area contributed by atoms with Crippen molar-refractivity contribution in [1.29, 1.82) is 0 Å². The van der Waals surface area contributed by atoms with Crippen LogP contribution in [0.4, 0.5) is 0 Å². The zero-order valence-electron chi connectivity index (χ0n) is 12.8. The molecule has 22 heavy (non-hydrogen) atoms. The Bertz CT molecular complexity index is 634. The second-order valence-corrected chi connectivity index (χ2v) is 6.59. The molecular formula is C16H21N3O2S. The minimum atomic E-state index is -0.0121. The maximum atomic E-state index is 12.4. The molecule has 3 rings (SSSR count). The first-order valence-corrected chi connectivity index (χ1v) is 8.53. The fraction of sp³-hybridized carbons (Fsp3) is 0.500. The van der Waals surface area contributed by atoms with E-state index in [9.17, 15) is 4.79 Å². The summed E-state index contributed by atoms with van der Waals surface area (Å²) in [4.78, 5) is 18.5. The molecule has 1 amide bonds. The van der Waals surface area contributed by atoms with Crippen LogP contribution in [0.25, 0.3) is 0 Å². The number of nitrogens with one attached hydrogen (secondary N) is 1. The number of hydrogen-bond donors (Lipinski definition) is 1. The van der Waals surface area contributed by atoms with Gasteiger partial charge in [-0.2, -0.15) is 0 Å². The van der Waals surface area contributed by atoms with Gasteiger partial charge in [-0.05, 0) is 32.1 Å². The number of aromatic nitrogens is 2. The smallest absolute Gasteiger partial charge is 0.265 e. The second-order valence-electron chi connectivity index (χ2n) is 5.48.